The average molecular weight is 437 g/mol. The number of rotatable bonds is 3. The zero-order chi connectivity index (χ0) is 21.9. The molecule has 0 aliphatic heterocycles. The summed E-state index contributed by atoms with van der Waals surface area (Å²) in [6, 6.07) is 0. The summed E-state index contributed by atoms with van der Waals surface area (Å²) < 4.78 is 190. The van der Waals surface area contributed by atoms with Crippen LogP contribution in [-0.2, 0) is 11.8 Å². The molecular formula is C9F15N2O-. The fraction of sp³-hybridized carbons (Fsp3) is 0.667. The van der Waals surface area contributed by atoms with Crippen molar-refractivity contribution in [1.82, 2.24) is 9.97 Å². The third-order valence-corrected chi connectivity index (χ3v) is 2.60. The van der Waals surface area contributed by atoms with Crippen molar-refractivity contribution in [2.24, 2.45) is 0 Å². The summed E-state index contributed by atoms with van der Waals surface area (Å²) in [6.07, 6.45) is -27.0. The zero-order valence-corrected chi connectivity index (χ0v) is 11.5. The molecular weight excluding hydrogens is 437 g/mol. The number of hydrogen-bond acceptors (Lipinski definition) is 2. The highest BCUT2D eigenvalue weighted by Crippen LogP contribution is 2.58. The molecule has 0 fully saturated rings. The van der Waals surface area contributed by atoms with Crippen molar-refractivity contribution in [3.63, 3.8) is 0 Å². The van der Waals surface area contributed by atoms with Crippen LogP contribution in [0, 0.1) is 0 Å². The maximum atomic E-state index is 13.9. The number of ether oxygens (including phenoxy) is 1. The van der Waals surface area contributed by atoms with E-state index in [0.29, 0.717) is 0 Å². The second-order valence-corrected chi connectivity index (χ2v) is 4.47. The van der Waals surface area contributed by atoms with Gasteiger partial charge < -0.3 is 14.7 Å². The van der Waals surface area contributed by atoms with Crippen LogP contribution in [0.1, 0.15) is 11.5 Å². The molecule has 0 radical (unpaired) electrons. The van der Waals surface area contributed by atoms with Gasteiger partial charge in [0.05, 0.1) is 5.69 Å². The lowest BCUT2D eigenvalue weighted by Gasteiger charge is -2.37. The minimum atomic E-state index is -7.48. The van der Waals surface area contributed by atoms with E-state index in [4.69, 9.17) is 0 Å². The normalized spacial score (nSPS) is 17.0. The standard InChI is InChI=1S/C9F15N2O/c10-4(7(16,17)18,6(14,15)8(19,20)21)3-25-1(5(11,12)13)2(26-3)27-9(22,23)24/q-1. The third kappa shape index (κ3) is 3.97. The molecule has 0 aromatic carbocycles. The van der Waals surface area contributed by atoms with E-state index < -0.39 is 53.9 Å². The fourth-order valence-corrected chi connectivity index (χ4v) is 1.49. The minimum Gasteiger partial charge on any atom is -0.430 e. The predicted molar refractivity (Wildman–Crippen MR) is 49.1 cm³/mol. The molecule has 0 N–H and O–H groups in total. The van der Waals surface area contributed by atoms with Gasteiger partial charge in [0.15, 0.2) is 0 Å². The Bertz CT molecular complexity index is 677. The molecule has 1 atom stereocenters. The SMILES string of the molecule is FC(F)(F)Oc1[n-]c(C(F)(C(F)(F)F)C(F)(F)C(F)(F)F)nc1C(F)(F)F. The van der Waals surface area contributed by atoms with Gasteiger partial charge in [0.2, 0.25) is 0 Å². The van der Waals surface area contributed by atoms with Crippen LogP contribution in [0.25, 0.3) is 0 Å². The topological polar surface area (TPSA) is 36.2 Å². The predicted octanol–water partition coefficient (Wildman–Crippen LogP) is 4.88. The monoisotopic (exact) mass is 437 g/mol. The molecule has 1 rings (SSSR count). The fourth-order valence-electron chi connectivity index (χ4n) is 1.49. The van der Waals surface area contributed by atoms with E-state index in [2.05, 4.69) is 4.74 Å². The molecule has 0 saturated heterocycles. The number of hydrogen-bond donors (Lipinski definition) is 0. The molecule has 0 bridgehead atoms. The van der Waals surface area contributed by atoms with Crippen LogP contribution in [0.3, 0.4) is 0 Å². The first-order chi connectivity index (χ1) is 11.6. The van der Waals surface area contributed by atoms with Crippen LogP contribution in [0.2, 0.25) is 0 Å². The molecule has 27 heavy (non-hydrogen) atoms. The first-order valence-corrected chi connectivity index (χ1v) is 5.64. The Morgan fingerprint density at radius 1 is 0.667 bits per heavy atom. The minimum absolute atomic E-state index is 1.45. The molecule has 0 aliphatic rings. The molecule has 158 valence electrons. The molecule has 0 spiro atoms. The van der Waals surface area contributed by atoms with Gasteiger partial charge in [0.25, 0.3) is 5.67 Å². The van der Waals surface area contributed by atoms with Crippen molar-refractivity contribution in [2.45, 2.75) is 36.5 Å². The van der Waals surface area contributed by atoms with Crippen molar-refractivity contribution in [3.8, 4) is 5.88 Å². The van der Waals surface area contributed by atoms with E-state index in [1.54, 1.807) is 0 Å². The van der Waals surface area contributed by atoms with Gasteiger partial charge in [-0.15, -0.1) is 13.2 Å². The molecule has 1 aromatic rings. The van der Waals surface area contributed by atoms with E-state index in [0.717, 1.165) is 0 Å². The summed E-state index contributed by atoms with van der Waals surface area (Å²) in [5, 5.41) is 0. The van der Waals surface area contributed by atoms with Crippen LogP contribution >= 0.6 is 0 Å². The van der Waals surface area contributed by atoms with Crippen molar-refractivity contribution in [3.05, 3.63) is 11.5 Å². The van der Waals surface area contributed by atoms with Crippen molar-refractivity contribution in [2.75, 3.05) is 0 Å². The highest BCUT2D eigenvalue weighted by molar-refractivity contribution is 5.29. The quantitative estimate of drug-likeness (QED) is 0.633. The van der Waals surface area contributed by atoms with Crippen LogP contribution < -0.4 is 9.72 Å². The molecule has 0 aliphatic carbocycles. The summed E-state index contributed by atoms with van der Waals surface area (Å²) in [4.78, 5) is 2.98. The molecule has 1 unspecified atom stereocenters. The van der Waals surface area contributed by atoms with Gasteiger partial charge in [-0.1, -0.05) is 0 Å². The Balaban J connectivity index is 3.82. The van der Waals surface area contributed by atoms with E-state index in [9.17, 15) is 65.9 Å². The van der Waals surface area contributed by atoms with Crippen molar-refractivity contribution in [1.29, 1.82) is 0 Å². The summed E-state index contributed by atoms with van der Waals surface area (Å²) in [7, 11) is 0. The summed E-state index contributed by atoms with van der Waals surface area (Å²) in [5.41, 5.74) is -10.3. The van der Waals surface area contributed by atoms with Gasteiger partial charge in [0.1, 0.15) is 5.88 Å². The van der Waals surface area contributed by atoms with Gasteiger partial charge in [-0.25, -0.2) is 4.39 Å². The second-order valence-electron chi connectivity index (χ2n) is 4.47. The number of aromatic nitrogens is 2. The zero-order valence-electron chi connectivity index (χ0n) is 11.5. The number of imidazole rings is 1. The lowest BCUT2D eigenvalue weighted by Crippen LogP contribution is -2.60. The number of nitrogens with zero attached hydrogens (tertiary/aromatic N) is 2. The van der Waals surface area contributed by atoms with Crippen molar-refractivity contribution < 1.29 is 70.6 Å². The Morgan fingerprint density at radius 3 is 1.41 bits per heavy atom. The van der Waals surface area contributed by atoms with Gasteiger partial charge >= 0.3 is 30.8 Å². The van der Waals surface area contributed by atoms with Crippen LogP contribution in [0.5, 0.6) is 5.88 Å². The van der Waals surface area contributed by atoms with Gasteiger partial charge in [-0.3, -0.25) is 0 Å². The highest BCUT2D eigenvalue weighted by Gasteiger charge is 2.81. The number of halogens is 15. The first kappa shape index (κ1) is 23.0. The van der Waals surface area contributed by atoms with Gasteiger partial charge in [-0.05, 0) is 5.82 Å². The van der Waals surface area contributed by atoms with E-state index in [-0.39, 0.29) is 0 Å². The largest absolute Gasteiger partial charge is 0.572 e. The maximum Gasteiger partial charge on any atom is 0.572 e. The Labute approximate surface area is 136 Å². The first-order valence-electron chi connectivity index (χ1n) is 5.64. The van der Waals surface area contributed by atoms with Gasteiger partial charge in [-0.2, -0.15) is 48.3 Å². The third-order valence-electron chi connectivity index (χ3n) is 2.60. The number of alkyl halides is 15. The maximum absolute atomic E-state index is 13.9. The Kier molecular flexibility index (Phi) is 5.09. The molecule has 18 heteroatoms. The molecule has 0 amide bonds. The lowest BCUT2D eigenvalue weighted by molar-refractivity contribution is -0.391. The Morgan fingerprint density at radius 2 is 1.11 bits per heavy atom. The van der Waals surface area contributed by atoms with Crippen LogP contribution in [0.4, 0.5) is 65.9 Å². The van der Waals surface area contributed by atoms with E-state index >= 15 is 0 Å². The average Bonchev–Trinajstić information content (AvgIpc) is 2.76. The van der Waals surface area contributed by atoms with Crippen LogP contribution in [-0.4, -0.2) is 29.6 Å². The van der Waals surface area contributed by atoms with Crippen molar-refractivity contribution >= 4 is 0 Å². The smallest absolute Gasteiger partial charge is 0.430 e. The van der Waals surface area contributed by atoms with Gasteiger partial charge in [0, 0.05) is 0 Å². The Hall–Kier alpha value is -2.04. The highest BCUT2D eigenvalue weighted by atomic mass is 19.4. The summed E-state index contributed by atoms with van der Waals surface area (Å²) >= 11 is 0. The summed E-state index contributed by atoms with van der Waals surface area (Å²) in [6.45, 7) is 0. The second kappa shape index (κ2) is 5.98. The van der Waals surface area contributed by atoms with E-state index in [1.165, 1.54) is 9.97 Å². The van der Waals surface area contributed by atoms with Crippen LogP contribution in [0.15, 0.2) is 0 Å². The molecule has 0 saturated carbocycles. The molecule has 1 aromatic heterocycles. The van der Waals surface area contributed by atoms with E-state index in [1.807, 2.05) is 0 Å². The molecule has 1 heterocycles. The lowest BCUT2D eigenvalue weighted by atomic mass is 9.95. The molecule has 3 nitrogen and oxygen atoms in total. The summed E-state index contributed by atoms with van der Waals surface area (Å²) in [5.74, 6) is -14.1.